The second-order valence-corrected chi connectivity index (χ2v) is 6.27. The molecule has 1 aromatic rings. The lowest BCUT2D eigenvalue weighted by Crippen LogP contribution is -2.53. The lowest BCUT2D eigenvalue weighted by atomic mass is 9.86. The van der Waals surface area contributed by atoms with Crippen molar-refractivity contribution < 1.29 is 28.2 Å². The van der Waals surface area contributed by atoms with Crippen molar-refractivity contribution in [2.24, 2.45) is 5.92 Å². The van der Waals surface area contributed by atoms with Crippen molar-refractivity contribution in [2.75, 3.05) is 0 Å². The number of aryl methyl sites for hydroxylation is 1. The molecule has 10 heteroatoms. The monoisotopic (exact) mass is 360 g/mol. The maximum absolute atomic E-state index is 15.1. The van der Waals surface area contributed by atoms with Crippen molar-refractivity contribution in [3.63, 3.8) is 0 Å². The summed E-state index contributed by atoms with van der Waals surface area (Å²) in [5.74, 6) is -7.95. The molecule has 0 aromatic carbocycles. The number of carbonyl (C=O) groups is 2. The van der Waals surface area contributed by atoms with E-state index in [1.807, 2.05) is 4.98 Å². The molecule has 4 atom stereocenters. The van der Waals surface area contributed by atoms with E-state index in [-0.39, 0.29) is 5.56 Å². The number of carbonyl (C=O) groups excluding carboxylic acids is 2. The molecular weight excluding hydrogens is 342 g/mol. The molecule has 0 bridgehead atoms. The van der Waals surface area contributed by atoms with Gasteiger partial charge in [-0.05, 0) is 27.7 Å². The molecule has 0 radical (unpaired) electrons. The molecule has 2 rings (SSSR count). The highest BCUT2D eigenvalue weighted by atomic mass is 19.3. The number of aliphatic hydroxyl groups excluding tert-OH is 1. The van der Waals surface area contributed by atoms with Gasteiger partial charge in [-0.15, -0.1) is 0 Å². The Morgan fingerprint density at radius 2 is 1.92 bits per heavy atom. The second kappa shape index (κ2) is 5.95. The first kappa shape index (κ1) is 19.1. The fourth-order valence-electron chi connectivity index (χ4n) is 2.97. The lowest BCUT2D eigenvalue weighted by molar-refractivity contribution is -0.208. The van der Waals surface area contributed by atoms with Crippen molar-refractivity contribution in [1.82, 2.24) is 9.55 Å². The highest BCUT2D eigenvalue weighted by Crippen LogP contribution is 2.51. The van der Waals surface area contributed by atoms with Gasteiger partial charge in [0.1, 0.15) is 23.9 Å². The summed E-state index contributed by atoms with van der Waals surface area (Å²) in [5.41, 5.74) is -4.64. The number of hydrogen-bond donors (Lipinski definition) is 2. The number of nitrogens with one attached hydrogen (secondary N) is 1. The molecule has 0 saturated carbocycles. The van der Waals surface area contributed by atoms with Crippen molar-refractivity contribution in [3.8, 4) is 0 Å². The summed E-state index contributed by atoms with van der Waals surface area (Å²) in [6.45, 7) is 4.01. The van der Waals surface area contributed by atoms with Crippen LogP contribution in [0.1, 0.15) is 26.3 Å². The number of nitrogens with zero attached hydrogens (tertiary/aromatic N) is 1. The molecule has 2 N–H and O–H groups in total. The molecule has 1 saturated heterocycles. The first-order chi connectivity index (χ1) is 11.3. The Kier molecular flexibility index (Phi) is 4.56. The third-order valence-corrected chi connectivity index (χ3v) is 4.45. The van der Waals surface area contributed by atoms with Crippen LogP contribution in [0.15, 0.2) is 15.8 Å². The van der Waals surface area contributed by atoms with Gasteiger partial charge in [0.05, 0.1) is 0 Å². The molecule has 1 fully saturated rings. The van der Waals surface area contributed by atoms with Crippen molar-refractivity contribution in [1.29, 1.82) is 0 Å². The average molecular weight is 360 g/mol. The summed E-state index contributed by atoms with van der Waals surface area (Å²) < 4.78 is 35.8. The molecule has 138 valence electrons. The molecule has 0 amide bonds. The highest BCUT2D eigenvalue weighted by Gasteiger charge is 2.70. The number of ketones is 2. The van der Waals surface area contributed by atoms with Crippen molar-refractivity contribution in [3.05, 3.63) is 32.6 Å². The van der Waals surface area contributed by atoms with Crippen LogP contribution < -0.4 is 11.2 Å². The van der Waals surface area contributed by atoms with Crippen LogP contribution in [0.5, 0.6) is 0 Å². The van der Waals surface area contributed by atoms with E-state index in [1.165, 1.54) is 6.92 Å². The van der Waals surface area contributed by atoms with E-state index >= 15 is 8.78 Å². The van der Waals surface area contributed by atoms with Gasteiger partial charge in [-0.1, -0.05) is 0 Å². The largest absolute Gasteiger partial charge is 0.383 e. The number of aromatic amines is 1. The average Bonchev–Trinajstić information content (AvgIpc) is 2.69. The first-order valence-electron chi connectivity index (χ1n) is 7.42. The van der Waals surface area contributed by atoms with Crippen molar-refractivity contribution >= 4 is 11.6 Å². The second-order valence-electron chi connectivity index (χ2n) is 6.27. The fourth-order valence-corrected chi connectivity index (χ4v) is 2.97. The SMILES string of the molecule is CC(=O)[C@@H](O)[C@H]1O[C@@](C)(n2cc(C)c(=O)[nH]c2=O)C(F)(F)[C@@H]1C(C)=O. The Balaban J connectivity index is 2.71. The molecule has 1 aliphatic rings. The summed E-state index contributed by atoms with van der Waals surface area (Å²) in [6, 6.07) is 0. The normalized spacial score (nSPS) is 29.4. The quantitative estimate of drug-likeness (QED) is 0.762. The molecule has 0 aliphatic carbocycles. The topological polar surface area (TPSA) is 118 Å². The van der Waals surface area contributed by atoms with Crippen LogP contribution in [0.3, 0.4) is 0 Å². The Labute approximate surface area is 140 Å². The van der Waals surface area contributed by atoms with Crippen LogP contribution in [0.4, 0.5) is 8.78 Å². The lowest BCUT2D eigenvalue weighted by Gasteiger charge is -2.32. The molecule has 8 nitrogen and oxygen atoms in total. The number of ether oxygens (including phenoxy) is 1. The van der Waals surface area contributed by atoms with Crippen LogP contribution in [0.2, 0.25) is 0 Å². The Morgan fingerprint density at radius 3 is 2.40 bits per heavy atom. The molecule has 0 unspecified atom stereocenters. The van der Waals surface area contributed by atoms with E-state index in [2.05, 4.69) is 0 Å². The fraction of sp³-hybridized carbons (Fsp3) is 0.600. The van der Waals surface area contributed by atoms with E-state index in [4.69, 9.17) is 4.74 Å². The summed E-state index contributed by atoms with van der Waals surface area (Å²) in [4.78, 5) is 48.6. The smallest absolute Gasteiger partial charge is 0.330 e. The van der Waals surface area contributed by atoms with Gasteiger partial charge >= 0.3 is 11.6 Å². The van der Waals surface area contributed by atoms with Gasteiger partial charge in [0.25, 0.3) is 5.56 Å². The zero-order valence-electron chi connectivity index (χ0n) is 14.0. The third-order valence-electron chi connectivity index (χ3n) is 4.45. The molecular formula is C15H18F2N2O6. The summed E-state index contributed by atoms with van der Waals surface area (Å²) in [6.07, 6.45) is -2.93. The molecule has 1 aromatic heterocycles. The zero-order chi connectivity index (χ0) is 19.3. The maximum atomic E-state index is 15.1. The van der Waals surface area contributed by atoms with Gasteiger partial charge in [-0.25, -0.2) is 13.6 Å². The standard InChI is InChI=1S/C15H18F2N2O6/c1-6-5-19(13(24)18-12(6)23)14(4)15(16,17)9(7(2)20)11(25-14)10(22)8(3)21/h5,9-11,22H,1-4H3,(H,18,23,24)/t9-,10-,11+,14-/m1/s1. The van der Waals surface area contributed by atoms with Gasteiger partial charge in [0.2, 0.25) is 5.72 Å². The van der Waals surface area contributed by atoms with E-state index in [9.17, 15) is 24.3 Å². The van der Waals surface area contributed by atoms with E-state index in [1.54, 1.807) is 0 Å². The predicted octanol–water partition coefficient (Wildman–Crippen LogP) is -0.293. The number of H-pyrrole nitrogens is 1. The summed E-state index contributed by atoms with van der Waals surface area (Å²) in [7, 11) is 0. The summed E-state index contributed by atoms with van der Waals surface area (Å²) in [5, 5.41) is 9.92. The van der Waals surface area contributed by atoms with Crippen molar-refractivity contribution in [2.45, 2.75) is 51.6 Å². The van der Waals surface area contributed by atoms with E-state index in [0.29, 0.717) is 4.57 Å². The highest BCUT2D eigenvalue weighted by molar-refractivity contribution is 5.85. The van der Waals surface area contributed by atoms with Crippen LogP contribution in [0.25, 0.3) is 0 Å². The Bertz CT molecular complexity index is 845. The van der Waals surface area contributed by atoms with Gasteiger partial charge < -0.3 is 9.84 Å². The number of hydrogen-bond acceptors (Lipinski definition) is 6. The minimum absolute atomic E-state index is 0.0323. The zero-order valence-corrected chi connectivity index (χ0v) is 14.0. The Morgan fingerprint density at radius 1 is 1.36 bits per heavy atom. The first-order valence-corrected chi connectivity index (χ1v) is 7.42. The number of halogens is 2. The molecule has 1 aliphatic heterocycles. The van der Waals surface area contributed by atoms with Gasteiger partial charge in [-0.3, -0.25) is 23.9 Å². The number of aliphatic hydroxyl groups is 1. The van der Waals surface area contributed by atoms with Crippen LogP contribution in [0, 0.1) is 12.8 Å². The number of aromatic nitrogens is 2. The van der Waals surface area contributed by atoms with Gasteiger partial charge in [-0.2, -0.15) is 0 Å². The van der Waals surface area contributed by atoms with Gasteiger partial charge in [0, 0.05) is 11.8 Å². The minimum atomic E-state index is -3.94. The third kappa shape index (κ3) is 2.74. The van der Waals surface area contributed by atoms with Gasteiger partial charge in [0.15, 0.2) is 5.78 Å². The summed E-state index contributed by atoms with van der Waals surface area (Å²) >= 11 is 0. The van der Waals surface area contributed by atoms with Crippen LogP contribution >= 0.6 is 0 Å². The van der Waals surface area contributed by atoms with E-state index < -0.39 is 52.6 Å². The molecule has 0 spiro atoms. The number of rotatable bonds is 4. The maximum Gasteiger partial charge on any atom is 0.330 e. The van der Waals surface area contributed by atoms with Crippen LogP contribution in [-0.4, -0.2) is 44.4 Å². The number of alkyl halides is 2. The Hall–Kier alpha value is -2.20. The molecule has 25 heavy (non-hydrogen) atoms. The number of Topliss-reactive ketones (excluding diaryl/α,β-unsaturated/α-hetero) is 2. The predicted molar refractivity (Wildman–Crippen MR) is 80.4 cm³/mol. The van der Waals surface area contributed by atoms with E-state index in [0.717, 1.165) is 27.0 Å². The van der Waals surface area contributed by atoms with Crippen LogP contribution in [-0.2, 0) is 20.1 Å². The molecule has 2 heterocycles. The minimum Gasteiger partial charge on any atom is -0.383 e.